The lowest BCUT2D eigenvalue weighted by atomic mass is 10.2. The molecule has 98 valence electrons. The van der Waals surface area contributed by atoms with Crippen molar-refractivity contribution in [3.05, 3.63) is 59.1 Å². The van der Waals surface area contributed by atoms with Crippen LogP contribution in [-0.4, -0.2) is 34.4 Å². The molecule has 4 nitrogen and oxygen atoms in total. The van der Waals surface area contributed by atoms with E-state index in [1.807, 2.05) is 12.1 Å². The van der Waals surface area contributed by atoms with Gasteiger partial charge in [-0.25, -0.2) is 4.98 Å². The summed E-state index contributed by atoms with van der Waals surface area (Å²) >= 11 is 5.78. The summed E-state index contributed by atoms with van der Waals surface area (Å²) in [5, 5.41) is 0.327. The topological polar surface area (TPSA) is 46.1 Å². The third-order valence-corrected chi connectivity index (χ3v) is 2.98. The Morgan fingerprint density at radius 2 is 2.00 bits per heavy atom. The van der Waals surface area contributed by atoms with Crippen molar-refractivity contribution in [2.24, 2.45) is 0 Å². The number of rotatable bonds is 4. The fourth-order valence-corrected chi connectivity index (χ4v) is 1.83. The highest BCUT2D eigenvalue weighted by atomic mass is 35.5. The molecular formula is C14H14ClN3O. The van der Waals surface area contributed by atoms with Gasteiger partial charge in [0.2, 0.25) is 0 Å². The van der Waals surface area contributed by atoms with E-state index in [1.165, 1.54) is 0 Å². The zero-order chi connectivity index (χ0) is 13.7. The number of nitrogens with zero attached hydrogens (tertiary/aromatic N) is 3. The van der Waals surface area contributed by atoms with E-state index >= 15 is 0 Å². The molecule has 19 heavy (non-hydrogen) atoms. The van der Waals surface area contributed by atoms with E-state index in [4.69, 9.17) is 11.6 Å². The summed E-state index contributed by atoms with van der Waals surface area (Å²) in [6, 6.07) is 8.91. The van der Waals surface area contributed by atoms with E-state index in [2.05, 4.69) is 9.97 Å². The Morgan fingerprint density at radius 1 is 1.26 bits per heavy atom. The summed E-state index contributed by atoms with van der Waals surface area (Å²) in [4.78, 5) is 21.7. The lowest BCUT2D eigenvalue weighted by Gasteiger charge is -2.16. The molecule has 0 aliphatic heterocycles. The van der Waals surface area contributed by atoms with E-state index in [0.717, 1.165) is 12.0 Å². The predicted octanol–water partition coefficient (Wildman–Crippen LogP) is 2.44. The molecule has 0 spiro atoms. The molecule has 1 amide bonds. The van der Waals surface area contributed by atoms with Gasteiger partial charge in [0, 0.05) is 26.0 Å². The number of pyridine rings is 2. The van der Waals surface area contributed by atoms with Crippen LogP contribution in [0.25, 0.3) is 0 Å². The van der Waals surface area contributed by atoms with Gasteiger partial charge in [0.05, 0.1) is 0 Å². The Bertz CT molecular complexity index is 560. The number of carbonyl (C=O) groups is 1. The van der Waals surface area contributed by atoms with Crippen molar-refractivity contribution >= 4 is 17.5 Å². The van der Waals surface area contributed by atoms with Gasteiger partial charge in [0.1, 0.15) is 10.8 Å². The van der Waals surface area contributed by atoms with E-state index in [0.29, 0.717) is 17.4 Å². The van der Waals surface area contributed by atoms with Gasteiger partial charge in [-0.05, 0) is 36.2 Å². The standard InChI is InChI=1S/C14H14ClN3O/c1-18(10-7-11-5-8-16-9-6-11)14(19)12-3-2-4-13(15)17-12/h2-6,8-9H,7,10H2,1H3. The van der Waals surface area contributed by atoms with Crippen LogP contribution in [0.5, 0.6) is 0 Å². The molecular weight excluding hydrogens is 262 g/mol. The maximum atomic E-state index is 12.1. The molecule has 0 aromatic carbocycles. The van der Waals surface area contributed by atoms with Gasteiger partial charge in [-0.15, -0.1) is 0 Å². The fourth-order valence-electron chi connectivity index (χ4n) is 1.67. The van der Waals surface area contributed by atoms with Gasteiger partial charge in [-0.2, -0.15) is 0 Å². The van der Waals surface area contributed by atoms with Crippen molar-refractivity contribution in [3.8, 4) is 0 Å². The molecule has 0 radical (unpaired) electrons. The van der Waals surface area contributed by atoms with Crippen molar-refractivity contribution in [1.29, 1.82) is 0 Å². The normalized spacial score (nSPS) is 10.2. The van der Waals surface area contributed by atoms with Gasteiger partial charge >= 0.3 is 0 Å². The molecule has 2 rings (SSSR count). The van der Waals surface area contributed by atoms with Crippen LogP contribution < -0.4 is 0 Å². The highest BCUT2D eigenvalue weighted by Gasteiger charge is 2.13. The van der Waals surface area contributed by atoms with Gasteiger partial charge in [0.15, 0.2) is 0 Å². The monoisotopic (exact) mass is 275 g/mol. The molecule has 5 heteroatoms. The molecule has 0 aliphatic rings. The highest BCUT2D eigenvalue weighted by Crippen LogP contribution is 2.08. The largest absolute Gasteiger partial charge is 0.340 e. The number of carbonyl (C=O) groups excluding carboxylic acids is 1. The molecule has 0 aliphatic carbocycles. The van der Waals surface area contributed by atoms with Gasteiger partial charge in [0.25, 0.3) is 5.91 Å². The second kappa shape index (κ2) is 6.29. The lowest BCUT2D eigenvalue weighted by molar-refractivity contribution is 0.0791. The minimum atomic E-state index is -0.128. The molecule has 0 N–H and O–H groups in total. The molecule has 2 aromatic heterocycles. The SMILES string of the molecule is CN(CCc1ccncc1)C(=O)c1cccc(Cl)n1. The summed E-state index contributed by atoms with van der Waals surface area (Å²) in [5.41, 5.74) is 1.51. The minimum absolute atomic E-state index is 0.128. The Labute approximate surface area is 117 Å². The molecule has 0 saturated carbocycles. The highest BCUT2D eigenvalue weighted by molar-refractivity contribution is 6.29. The number of hydrogen-bond acceptors (Lipinski definition) is 3. The van der Waals surface area contributed by atoms with Gasteiger partial charge in [-0.1, -0.05) is 17.7 Å². The number of amides is 1. The first-order chi connectivity index (χ1) is 9.16. The molecule has 0 atom stereocenters. The summed E-state index contributed by atoms with van der Waals surface area (Å²) in [7, 11) is 1.76. The van der Waals surface area contributed by atoms with Crippen LogP contribution in [0.1, 0.15) is 16.1 Å². The van der Waals surface area contributed by atoms with Crippen molar-refractivity contribution in [2.75, 3.05) is 13.6 Å². The number of likely N-dealkylation sites (N-methyl/N-ethyl adjacent to an activating group) is 1. The van der Waals surface area contributed by atoms with Crippen LogP contribution in [-0.2, 0) is 6.42 Å². The van der Waals surface area contributed by atoms with Gasteiger partial charge in [-0.3, -0.25) is 9.78 Å². The van der Waals surface area contributed by atoms with Crippen molar-refractivity contribution in [2.45, 2.75) is 6.42 Å². The van der Waals surface area contributed by atoms with Crippen LogP contribution in [0.3, 0.4) is 0 Å². The van der Waals surface area contributed by atoms with Crippen LogP contribution in [0.4, 0.5) is 0 Å². The number of hydrogen-bond donors (Lipinski definition) is 0. The molecule has 0 fully saturated rings. The second-order valence-electron chi connectivity index (χ2n) is 4.18. The smallest absolute Gasteiger partial charge is 0.272 e. The van der Waals surface area contributed by atoms with Crippen molar-refractivity contribution in [3.63, 3.8) is 0 Å². The summed E-state index contributed by atoms with van der Waals surface area (Å²) in [5.74, 6) is -0.128. The van der Waals surface area contributed by atoms with Gasteiger partial charge < -0.3 is 4.90 Å². The second-order valence-corrected chi connectivity index (χ2v) is 4.56. The van der Waals surface area contributed by atoms with E-state index in [1.54, 1.807) is 42.5 Å². The first kappa shape index (κ1) is 13.5. The van der Waals surface area contributed by atoms with E-state index in [9.17, 15) is 4.79 Å². The summed E-state index contributed by atoms with van der Waals surface area (Å²) in [6.07, 6.45) is 4.27. The summed E-state index contributed by atoms with van der Waals surface area (Å²) < 4.78 is 0. The maximum Gasteiger partial charge on any atom is 0.272 e. The first-order valence-corrected chi connectivity index (χ1v) is 6.31. The average molecular weight is 276 g/mol. The minimum Gasteiger partial charge on any atom is -0.340 e. The molecule has 2 aromatic rings. The Balaban J connectivity index is 1.96. The Morgan fingerprint density at radius 3 is 2.68 bits per heavy atom. The lowest BCUT2D eigenvalue weighted by Crippen LogP contribution is -2.29. The third kappa shape index (κ3) is 3.76. The zero-order valence-corrected chi connectivity index (χ0v) is 11.3. The predicted molar refractivity (Wildman–Crippen MR) is 74.1 cm³/mol. The number of aromatic nitrogens is 2. The van der Waals surface area contributed by atoms with Crippen LogP contribution in [0, 0.1) is 0 Å². The molecule has 2 heterocycles. The molecule has 0 unspecified atom stereocenters. The maximum absolute atomic E-state index is 12.1. The average Bonchev–Trinajstić information content (AvgIpc) is 2.45. The Hall–Kier alpha value is -1.94. The van der Waals surface area contributed by atoms with Crippen LogP contribution >= 0.6 is 11.6 Å². The van der Waals surface area contributed by atoms with Crippen molar-refractivity contribution in [1.82, 2.24) is 14.9 Å². The summed E-state index contributed by atoms with van der Waals surface area (Å²) in [6.45, 7) is 0.622. The number of halogens is 1. The zero-order valence-electron chi connectivity index (χ0n) is 10.6. The van der Waals surface area contributed by atoms with Crippen LogP contribution in [0.2, 0.25) is 5.15 Å². The quantitative estimate of drug-likeness (QED) is 0.805. The Kier molecular flexibility index (Phi) is 4.47. The fraction of sp³-hybridized carbons (Fsp3) is 0.214. The van der Waals surface area contributed by atoms with E-state index < -0.39 is 0 Å². The molecule has 0 bridgehead atoms. The molecule has 0 saturated heterocycles. The first-order valence-electron chi connectivity index (χ1n) is 5.94. The van der Waals surface area contributed by atoms with Crippen molar-refractivity contribution < 1.29 is 4.79 Å². The van der Waals surface area contributed by atoms with E-state index in [-0.39, 0.29) is 5.91 Å². The third-order valence-electron chi connectivity index (χ3n) is 2.77. The van der Waals surface area contributed by atoms with Crippen LogP contribution in [0.15, 0.2) is 42.7 Å².